The van der Waals surface area contributed by atoms with E-state index in [1.807, 2.05) is 18.2 Å². The van der Waals surface area contributed by atoms with Crippen LogP contribution < -0.4 is 0 Å². The summed E-state index contributed by atoms with van der Waals surface area (Å²) in [4.78, 5) is 11.4. The van der Waals surface area contributed by atoms with Gasteiger partial charge in [0.15, 0.2) is 0 Å². The number of allylic oxidation sites excluding steroid dienone is 2. The summed E-state index contributed by atoms with van der Waals surface area (Å²) in [6.45, 7) is 9.30. The summed E-state index contributed by atoms with van der Waals surface area (Å²) in [5, 5.41) is 0. The van der Waals surface area contributed by atoms with Crippen molar-refractivity contribution in [1.29, 1.82) is 0 Å². The number of hydrogen-bond acceptors (Lipinski definition) is 1. The van der Waals surface area contributed by atoms with E-state index >= 15 is 0 Å². The summed E-state index contributed by atoms with van der Waals surface area (Å²) in [5.74, 6) is -0.0527. The van der Waals surface area contributed by atoms with Crippen molar-refractivity contribution in [3.05, 3.63) is 54.1 Å². The van der Waals surface area contributed by atoms with Crippen molar-refractivity contribution in [1.82, 2.24) is 0 Å². The molecule has 1 aliphatic rings. The molecule has 0 aromatic heterocycles. The van der Waals surface area contributed by atoms with Crippen LogP contribution in [0.2, 0.25) is 0 Å². The Bertz CT molecular complexity index is 371. The van der Waals surface area contributed by atoms with Crippen LogP contribution in [-0.4, -0.2) is 5.78 Å². The predicted molar refractivity (Wildman–Crippen MR) is 47.6 cm³/mol. The second-order valence-corrected chi connectivity index (χ2v) is 2.77. The van der Waals surface area contributed by atoms with Crippen LogP contribution >= 0.6 is 0 Å². The van der Waals surface area contributed by atoms with Crippen molar-refractivity contribution in [2.24, 2.45) is 0 Å². The Balaban J connectivity index is 0.000000845. The van der Waals surface area contributed by atoms with Gasteiger partial charge in [0.2, 0.25) is 0 Å². The van der Waals surface area contributed by atoms with Crippen LogP contribution in [0.4, 0.5) is 0 Å². The number of benzene rings is 1. The number of hydrogen-bond donors (Lipinski definition) is 0. The Morgan fingerprint density at radius 3 is 2.07 bits per heavy atom. The molecule has 3 heteroatoms. The topological polar surface area (TPSA) is 17.1 Å². The minimum absolute atomic E-state index is 0. The standard InChI is InChI=1S/C11H7O.2Zn/c1-7-8(2)11(12)10-6-4-3-5-9(7)10;;/h1,3-6H,2H2;;/q-1;;. The first-order valence-electron chi connectivity index (χ1n) is 3.67. The van der Waals surface area contributed by atoms with Crippen LogP contribution in [0, 0.1) is 6.58 Å². The van der Waals surface area contributed by atoms with E-state index in [0.29, 0.717) is 16.7 Å². The van der Waals surface area contributed by atoms with Gasteiger partial charge in [0.1, 0.15) is 5.78 Å². The number of rotatable bonds is 0. The Hall–Kier alpha value is -0.383. The zero-order valence-corrected chi connectivity index (χ0v) is 13.9. The molecule has 0 aliphatic heterocycles. The van der Waals surface area contributed by atoms with Crippen molar-refractivity contribution in [3.8, 4) is 0 Å². The van der Waals surface area contributed by atoms with E-state index in [9.17, 15) is 4.79 Å². The van der Waals surface area contributed by atoms with Gasteiger partial charge < -0.3 is 4.79 Å². The average Bonchev–Trinajstić information content (AvgIpc) is 2.33. The number of fused-ring (bicyclic) bond motifs is 1. The molecule has 0 spiro atoms. The smallest absolute Gasteiger partial charge is 0.127 e. The van der Waals surface area contributed by atoms with Crippen molar-refractivity contribution < 1.29 is 43.8 Å². The van der Waals surface area contributed by atoms with Gasteiger partial charge in [-0.2, -0.15) is 5.57 Å². The first-order chi connectivity index (χ1) is 5.72. The van der Waals surface area contributed by atoms with Crippen LogP contribution in [0.25, 0.3) is 5.57 Å². The van der Waals surface area contributed by atoms with Gasteiger partial charge >= 0.3 is 0 Å². The van der Waals surface area contributed by atoms with E-state index in [2.05, 4.69) is 6.58 Å². The predicted octanol–water partition coefficient (Wildman–Crippen LogP) is 2.25. The Kier molecular flexibility index (Phi) is 4.78. The molecule has 0 bridgehead atoms. The molecule has 0 saturated heterocycles. The molecule has 1 aromatic carbocycles. The Morgan fingerprint density at radius 2 is 1.57 bits per heavy atom. The van der Waals surface area contributed by atoms with Crippen LogP contribution in [0.1, 0.15) is 15.9 Å². The summed E-state index contributed by atoms with van der Waals surface area (Å²) < 4.78 is 0. The molecule has 0 atom stereocenters. The van der Waals surface area contributed by atoms with E-state index in [1.165, 1.54) is 0 Å². The normalized spacial score (nSPS) is 13.0. The summed E-state index contributed by atoms with van der Waals surface area (Å²) in [7, 11) is 0. The molecule has 0 unspecified atom stereocenters. The van der Waals surface area contributed by atoms with Crippen LogP contribution in [0.15, 0.2) is 36.4 Å². The van der Waals surface area contributed by atoms with E-state index < -0.39 is 0 Å². The number of carbonyl (C=O) groups excluding carboxylic acids is 1. The summed E-state index contributed by atoms with van der Waals surface area (Å²) in [6, 6.07) is 7.28. The maximum Gasteiger partial charge on any atom is 0.127 e. The van der Waals surface area contributed by atoms with Gasteiger partial charge in [0.05, 0.1) is 0 Å². The summed E-state index contributed by atoms with van der Waals surface area (Å²) in [5.41, 5.74) is 2.40. The van der Waals surface area contributed by atoms with Crippen molar-refractivity contribution in [3.63, 3.8) is 0 Å². The third-order valence-corrected chi connectivity index (χ3v) is 2.06. The Morgan fingerprint density at radius 1 is 1.07 bits per heavy atom. The van der Waals surface area contributed by atoms with Crippen LogP contribution in [0.5, 0.6) is 0 Å². The largest absolute Gasteiger partial charge is 0.304 e. The molecule has 14 heavy (non-hydrogen) atoms. The van der Waals surface area contributed by atoms with Crippen molar-refractivity contribution in [2.45, 2.75) is 0 Å². The second kappa shape index (κ2) is 4.91. The number of ketones is 1. The van der Waals surface area contributed by atoms with Gasteiger partial charge in [-0.3, -0.25) is 0 Å². The third kappa shape index (κ3) is 1.85. The van der Waals surface area contributed by atoms with Crippen molar-refractivity contribution >= 4 is 11.4 Å². The molecule has 1 nitrogen and oxygen atoms in total. The van der Waals surface area contributed by atoms with Crippen molar-refractivity contribution in [2.75, 3.05) is 0 Å². The fraction of sp³-hybridized carbons (Fsp3) is 0. The van der Waals surface area contributed by atoms with Gasteiger partial charge in [-0.15, -0.1) is 18.2 Å². The van der Waals surface area contributed by atoms with Crippen LogP contribution in [-0.2, 0) is 39.0 Å². The first kappa shape index (κ1) is 13.6. The van der Waals surface area contributed by atoms with Gasteiger partial charge in [-0.25, -0.2) is 6.58 Å². The second-order valence-electron chi connectivity index (χ2n) is 2.77. The van der Waals surface area contributed by atoms with E-state index in [-0.39, 0.29) is 44.7 Å². The molecule has 0 saturated carbocycles. The molecule has 0 amide bonds. The van der Waals surface area contributed by atoms with E-state index in [0.717, 1.165) is 5.56 Å². The molecule has 0 N–H and O–H groups in total. The van der Waals surface area contributed by atoms with E-state index in [4.69, 9.17) is 6.58 Å². The molecular formula is C11H7OZn2-. The molecule has 0 radical (unpaired) electrons. The summed E-state index contributed by atoms with van der Waals surface area (Å²) >= 11 is 0. The molecule has 2 rings (SSSR count). The quantitative estimate of drug-likeness (QED) is 0.406. The monoisotopic (exact) mass is 283 g/mol. The van der Waals surface area contributed by atoms with Gasteiger partial charge in [-0.1, -0.05) is 23.8 Å². The fourth-order valence-electron chi connectivity index (χ4n) is 1.36. The molecule has 1 aliphatic carbocycles. The summed E-state index contributed by atoms with van der Waals surface area (Å²) in [6.07, 6.45) is 0. The van der Waals surface area contributed by atoms with Gasteiger partial charge in [-0.05, 0) is 5.56 Å². The van der Waals surface area contributed by atoms with E-state index in [1.54, 1.807) is 6.07 Å². The molecule has 1 aromatic rings. The number of Topliss-reactive ketones (excluding diaryl/α,β-unsaturated/α-hetero) is 1. The molecular weight excluding hydrogens is 279 g/mol. The minimum Gasteiger partial charge on any atom is -0.304 e. The number of carbonyl (C=O) groups is 1. The van der Waals surface area contributed by atoms with Gasteiger partial charge in [0.25, 0.3) is 0 Å². The first-order valence-corrected chi connectivity index (χ1v) is 3.67. The van der Waals surface area contributed by atoms with Gasteiger partial charge in [0, 0.05) is 39.0 Å². The minimum atomic E-state index is -0.0527. The maximum absolute atomic E-state index is 11.4. The fourth-order valence-corrected chi connectivity index (χ4v) is 1.36. The average molecular weight is 286 g/mol. The molecule has 0 fully saturated rings. The third-order valence-electron chi connectivity index (χ3n) is 2.06. The zero-order chi connectivity index (χ0) is 8.72. The maximum atomic E-state index is 11.4. The Labute approximate surface area is 109 Å². The SMILES string of the molecule is [CH-]=C1C(=C)C(=O)c2ccccc21.[Zn].[Zn]. The molecule has 0 heterocycles. The molecule has 62 valence electrons. The zero-order valence-electron chi connectivity index (χ0n) is 7.92. The van der Waals surface area contributed by atoms with Crippen LogP contribution in [0.3, 0.4) is 0 Å².